The fourth-order valence-electron chi connectivity index (χ4n) is 3.08. The minimum Gasteiger partial charge on any atom is -0.435 e. The van der Waals surface area contributed by atoms with Crippen molar-refractivity contribution in [1.29, 1.82) is 0 Å². The second-order valence-corrected chi connectivity index (χ2v) is 8.37. The molecule has 1 aromatic rings. The number of rotatable bonds is 6. The molecular weight excluding hydrogens is 362 g/mol. The van der Waals surface area contributed by atoms with E-state index in [1.807, 2.05) is 7.05 Å². The number of halogens is 2. The van der Waals surface area contributed by atoms with E-state index in [0.29, 0.717) is 24.3 Å². The third-order valence-corrected chi connectivity index (χ3v) is 6.17. The van der Waals surface area contributed by atoms with Crippen LogP contribution in [0, 0.1) is 0 Å². The van der Waals surface area contributed by atoms with Gasteiger partial charge in [0.1, 0.15) is 5.75 Å². The number of alkyl halides is 2. The minimum atomic E-state index is -3.56. The molecule has 0 saturated carbocycles. The molecule has 0 saturated heterocycles. The van der Waals surface area contributed by atoms with Crippen LogP contribution in [-0.2, 0) is 16.4 Å². The van der Waals surface area contributed by atoms with Crippen LogP contribution in [0.15, 0.2) is 34.8 Å². The molecule has 0 unspecified atom stereocenters. The van der Waals surface area contributed by atoms with E-state index in [2.05, 4.69) is 20.4 Å². The van der Waals surface area contributed by atoms with Crippen LogP contribution >= 0.6 is 0 Å². The lowest BCUT2D eigenvalue weighted by atomic mass is 9.97. The lowest BCUT2D eigenvalue weighted by Crippen LogP contribution is -2.31. The number of sulfonamides is 1. The Balaban J connectivity index is 1.70. The van der Waals surface area contributed by atoms with Gasteiger partial charge >= 0.3 is 6.61 Å². The Labute approximate surface area is 152 Å². The SMILES string of the molecule is CN1CC=C(CNS(=O)(=O)C2=Cc3ccc(OC(F)F)cc3CC2)CC1. The van der Waals surface area contributed by atoms with Crippen LogP contribution in [0.1, 0.15) is 24.0 Å². The first-order valence-electron chi connectivity index (χ1n) is 8.48. The first kappa shape index (κ1) is 19.0. The summed E-state index contributed by atoms with van der Waals surface area (Å²) in [6.45, 7) is -0.800. The third kappa shape index (κ3) is 4.69. The Morgan fingerprint density at radius 2 is 2.08 bits per heavy atom. The predicted molar refractivity (Wildman–Crippen MR) is 96.5 cm³/mol. The van der Waals surface area contributed by atoms with E-state index in [0.717, 1.165) is 36.2 Å². The second-order valence-electron chi connectivity index (χ2n) is 6.55. The van der Waals surface area contributed by atoms with Gasteiger partial charge in [-0.15, -0.1) is 0 Å². The average Bonchev–Trinajstić information content (AvgIpc) is 2.60. The molecule has 1 aliphatic carbocycles. The van der Waals surface area contributed by atoms with E-state index in [4.69, 9.17) is 0 Å². The number of fused-ring (bicyclic) bond motifs is 1. The molecule has 0 aromatic heterocycles. The van der Waals surface area contributed by atoms with Gasteiger partial charge in [-0.1, -0.05) is 17.7 Å². The molecule has 1 heterocycles. The first-order chi connectivity index (χ1) is 12.3. The number of likely N-dealkylation sites (N-methyl/N-ethyl adjacent to an activating group) is 1. The Hall–Kier alpha value is -1.77. The molecule has 0 atom stereocenters. The highest BCUT2D eigenvalue weighted by molar-refractivity contribution is 7.93. The van der Waals surface area contributed by atoms with Gasteiger partial charge in [-0.25, -0.2) is 13.1 Å². The molecule has 2 aliphatic rings. The fraction of sp³-hybridized carbons (Fsp3) is 0.444. The highest BCUT2D eigenvalue weighted by Crippen LogP contribution is 2.30. The van der Waals surface area contributed by atoms with Gasteiger partial charge < -0.3 is 9.64 Å². The number of hydrogen-bond donors (Lipinski definition) is 1. The lowest BCUT2D eigenvalue weighted by Gasteiger charge is -2.23. The van der Waals surface area contributed by atoms with Crippen LogP contribution in [0.4, 0.5) is 8.78 Å². The lowest BCUT2D eigenvalue weighted by molar-refractivity contribution is -0.0498. The van der Waals surface area contributed by atoms with Crippen LogP contribution in [0.25, 0.3) is 6.08 Å². The van der Waals surface area contributed by atoms with Gasteiger partial charge in [-0.05, 0) is 55.6 Å². The van der Waals surface area contributed by atoms with Crippen molar-refractivity contribution in [3.05, 3.63) is 45.9 Å². The molecule has 26 heavy (non-hydrogen) atoms. The van der Waals surface area contributed by atoms with Gasteiger partial charge in [0.15, 0.2) is 0 Å². The van der Waals surface area contributed by atoms with Crippen LogP contribution in [-0.4, -0.2) is 46.6 Å². The predicted octanol–water partition coefficient (Wildman–Crippen LogP) is 2.76. The molecule has 142 valence electrons. The van der Waals surface area contributed by atoms with E-state index < -0.39 is 16.6 Å². The molecular formula is C18H22F2N2O3S. The molecule has 1 aliphatic heterocycles. The average molecular weight is 384 g/mol. The summed E-state index contributed by atoms with van der Waals surface area (Å²) in [6.07, 6.45) is 5.32. The molecule has 1 N–H and O–H groups in total. The Morgan fingerprint density at radius 3 is 2.77 bits per heavy atom. The van der Waals surface area contributed by atoms with Crippen molar-refractivity contribution >= 4 is 16.1 Å². The van der Waals surface area contributed by atoms with Crippen LogP contribution in [0.5, 0.6) is 5.75 Å². The van der Waals surface area contributed by atoms with E-state index in [1.165, 1.54) is 12.1 Å². The van der Waals surface area contributed by atoms with Crippen molar-refractivity contribution in [3.8, 4) is 5.75 Å². The summed E-state index contributed by atoms with van der Waals surface area (Å²) in [5, 5.41) is 0. The van der Waals surface area contributed by atoms with Crippen molar-refractivity contribution in [2.45, 2.75) is 25.9 Å². The maximum absolute atomic E-state index is 12.6. The zero-order chi connectivity index (χ0) is 18.7. The third-order valence-electron chi connectivity index (χ3n) is 4.64. The normalized spacial score (nSPS) is 18.3. The van der Waals surface area contributed by atoms with Crippen molar-refractivity contribution in [1.82, 2.24) is 9.62 Å². The van der Waals surface area contributed by atoms with Crippen molar-refractivity contribution in [2.24, 2.45) is 0 Å². The summed E-state index contributed by atoms with van der Waals surface area (Å²) in [7, 11) is -1.54. The summed E-state index contributed by atoms with van der Waals surface area (Å²) in [4.78, 5) is 2.49. The Bertz CT molecular complexity index is 835. The smallest absolute Gasteiger partial charge is 0.387 e. The number of benzene rings is 1. The number of hydrogen-bond acceptors (Lipinski definition) is 4. The summed E-state index contributed by atoms with van der Waals surface area (Å²) in [5.74, 6) is 0.0887. The number of nitrogens with one attached hydrogen (secondary N) is 1. The highest BCUT2D eigenvalue weighted by Gasteiger charge is 2.22. The topological polar surface area (TPSA) is 58.6 Å². The molecule has 0 fully saturated rings. The van der Waals surface area contributed by atoms with E-state index in [-0.39, 0.29) is 5.75 Å². The molecule has 3 rings (SSSR count). The van der Waals surface area contributed by atoms with Gasteiger partial charge in [0.2, 0.25) is 10.0 Å². The van der Waals surface area contributed by atoms with Gasteiger partial charge in [0.25, 0.3) is 0 Å². The van der Waals surface area contributed by atoms with Crippen LogP contribution < -0.4 is 9.46 Å². The standard InChI is InChI=1S/C18H22F2N2O3S/c1-22-8-6-13(7-9-22)12-21-26(23,24)17-5-3-14-10-16(25-18(19)20)4-2-15(14)11-17/h2,4,6,10-11,18,21H,3,5,7-9,12H2,1H3. The number of ether oxygens (including phenoxy) is 1. The van der Waals surface area contributed by atoms with Crippen LogP contribution in [0.2, 0.25) is 0 Å². The largest absolute Gasteiger partial charge is 0.435 e. The van der Waals surface area contributed by atoms with Crippen molar-refractivity contribution in [2.75, 3.05) is 26.7 Å². The van der Waals surface area contributed by atoms with Gasteiger partial charge in [0, 0.05) is 19.6 Å². The van der Waals surface area contributed by atoms with E-state index in [9.17, 15) is 17.2 Å². The second kappa shape index (κ2) is 7.85. The fourth-order valence-corrected chi connectivity index (χ4v) is 4.30. The molecule has 0 amide bonds. The molecule has 0 spiro atoms. The quantitative estimate of drug-likeness (QED) is 0.767. The first-order valence-corrected chi connectivity index (χ1v) is 9.96. The van der Waals surface area contributed by atoms with E-state index >= 15 is 0 Å². The number of aryl methyl sites for hydroxylation is 1. The maximum Gasteiger partial charge on any atom is 0.387 e. The summed E-state index contributed by atoms with van der Waals surface area (Å²) in [6, 6.07) is 4.58. The Kier molecular flexibility index (Phi) is 5.74. The van der Waals surface area contributed by atoms with Gasteiger partial charge in [-0.3, -0.25) is 0 Å². The maximum atomic E-state index is 12.6. The zero-order valence-electron chi connectivity index (χ0n) is 14.5. The number of allylic oxidation sites excluding steroid dienone is 1. The number of nitrogens with zero attached hydrogens (tertiary/aromatic N) is 1. The monoisotopic (exact) mass is 384 g/mol. The molecule has 0 radical (unpaired) electrons. The highest BCUT2D eigenvalue weighted by atomic mass is 32.2. The molecule has 0 bridgehead atoms. The Morgan fingerprint density at radius 1 is 1.27 bits per heavy atom. The summed E-state index contributed by atoms with van der Waals surface area (Å²) < 4.78 is 56.8. The van der Waals surface area contributed by atoms with E-state index in [1.54, 1.807) is 12.1 Å². The van der Waals surface area contributed by atoms with Gasteiger partial charge in [0.05, 0.1) is 4.91 Å². The summed E-state index contributed by atoms with van der Waals surface area (Å²) >= 11 is 0. The summed E-state index contributed by atoms with van der Waals surface area (Å²) in [5.41, 5.74) is 2.62. The molecule has 8 heteroatoms. The van der Waals surface area contributed by atoms with Crippen LogP contribution in [0.3, 0.4) is 0 Å². The molecule has 5 nitrogen and oxygen atoms in total. The van der Waals surface area contributed by atoms with Crippen molar-refractivity contribution < 1.29 is 21.9 Å². The zero-order valence-corrected chi connectivity index (χ0v) is 15.4. The van der Waals surface area contributed by atoms with Gasteiger partial charge in [-0.2, -0.15) is 8.78 Å². The molecule has 1 aromatic carbocycles. The minimum absolute atomic E-state index is 0.0887. The van der Waals surface area contributed by atoms with Crippen molar-refractivity contribution in [3.63, 3.8) is 0 Å².